The number of hydrogen-bond donors (Lipinski definition) is 11. The highest BCUT2D eigenvalue weighted by Crippen LogP contribution is 2.71. The summed E-state index contributed by atoms with van der Waals surface area (Å²) in [7, 11) is 0. The van der Waals surface area contributed by atoms with Crippen LogP contribution in [0.1, 0.15) is 85.5 Å². The molecule has 9 rings (SSSR count). The summed E-state index contributed by atoms with van der Waals surface area (Å²) in [5.74, 6) is 1.88. The van der Waals surface area contributed by atoms with Crippen LogP contribution in [0.2, 0.25) is 0 Å². The van der Waals surface area contributed by atoms with Crippen molar-refractivity contribution in [1.82, 2.24) is 0 Å². The Morgan fingerprint density at radius 3 is 1.73 bits per heavy atom. The van der Waals surface area contributed by atoms with Gasteiger partial charge in [0.05, 0.1) is 44.7 Å². The fourth-order valence-electron chi connectivity index (χ4n) is 14.7. The Balaban J connectivity index is 0.810. The second-order valence-corrected chi connectivity index (χ2v) is 21.6. The van der Waals surface area contributed by atoms with E-state index >= 15 is 0 Å². The van der Waals surface area contributed by atoms with Gasteiger partial charge in [-0.25, -0.2) is 0 Å². The lowest BCUT2D eigenvalue weighted by Crippen LogP contribution is -2.66. The van der Waals surface area contributed by atoms with Crippen molar-refractivity contribution in [3.63, 3.8) is 0 Å². The Kier molecular flexibility index (Phi) is 13.7. The smallest absolute Gasteiger partial charge is 0.187 e. The molecule has 5 heterocycles. The summed E-state index contributed by atoms with van der Waals surface area (Å²) in [5, 5.41) is 118. The van der Waals surface area contributed by atoms with E-state index in [2.05, 4.69) is 27.7 Å². The first-order chi connectivity index (χ1) is 30.4. The monoisotopic (exact) mass is 918 g/mol. The third-order valence-electron chi connectivity index (χ3n) is 18.4. The first-order valence-electron chi connectivity index (χ1n) is 23.9. The van der Waals surface area contributed by atoms with Gasteiger partial charge in [0.2, 0.25) is 0 Å². The van der Waals surface area contributed by atoms with Crippen LogP contribution in [0.4, 0.5) is 0 Å². The molecule has 5 aliphatic heterocycles. The maximum Gasteiger partial charge on any atom is 0.187 e. The predicted octanol–water partition coefficient (Wildman–Crippen LogP) is -1.76. The minimum Gasteiger partial charge on any atom is -0.394 e. The molecule has 368 valence electrons. The van der Waals surface area contributed by atoms with E-state index in [9.17, 15) is 56.2 Å². The van der Waals surface area contributed by atoms with E-state index in [1.165, 1.54) is 0 Å². The van der Waals surface area contributed by atoms with E-state index in [4.69, 9.17) is 37.9 Å². The van der Waals surface area contributed by atoms with Crippen LogP contribution in [-0.4, -0.2) is 199 Å². The minimum absolute atomic E-state index is 0.0338. The van der Waals surface area contributed by atoms with Gasteiger partial charge in [-0.05, 0) is 86.4 Å². The standard InChI is InChI=1S/C45H74O19/c1-18-7-10-45(57-17-18)19(2)30-25(64-45)12-24-22-6-5-20-11-21(8-9-43(20,3)23(22)13-29(49)44(24,30)4)58-40-36(55)33(52)38(27(15-47)60-40)63-42-37(56)34(53)39(28(16-48)61-42)62-41-35(54)32(51)31(50)26(14-46)59-41/h18-42,46-56H,5-17H2,1-4H3/t18-,19?,20+,21+,22?,23?,24?,25?,26-,27-,28-,29-,30?,31-,32+,33-,34-,35-,36-,37-,38+,39-,40-,41+,42+,43+,44-,45-/m1/s1. The maximum absolute atomic E-state index is 12.2. The molecule has 19 heteroatoms. The molecular weight excluding hydrogens is 844 g/mol. The van der Waals surface area contributed by atoms with Crippen molar-refractivity contribution in [2.24, 2.45) is 52.3 Å². The summed E-state index contributed by atoms with van der Waals surface area (Å²) in [5.41, 5.74) is -0.283. The van der Waals surface area contributed by atoms with Crippen LogP contribution in [0.25, 0.3) is 0 Å². The van der Waals surface area contributed by atoms with Crippen LogP contribution in [-0.2, 0) is 37.9 Å². The molecule has 5 saturated heterocycles. The Morgan fingerprint density at radius 2 is 1.16 bits per heavy atom. The summed E-state index contributed by atoms with van der Waals surface area (Å²) < 4.78 is 48.4. The molecule has 28 atom stereocenters. The van der Waals surface area contributed by atoms with E-state index in [0.29, 0.717) is 49.0 Å². The maximum atomic E-state index is 12.2. The highest BCUT2D eigenvalue weighted by molar-refractivity contribution is 5.18. The average Bonchev–Trinajstić information content (AvgIpc) is 3.73. The largest absolute Gasteiger partial charge is 0.394 e. The topological polar surface area (TPSA) is 296 Å². The lowest BCUT2D eigenvalue weighted by molar-refractivity contribution is -0.381. The van der Waals surface area contributed by atoms with Gasteiger partial charge in [-0.1, -0.05) is 27.7 Å². The Morgan fingerprint density at radius 1 is 0.578 bits per heavy atom. The van der Waals surface area contributed by atoms with E-state index in [0.717, 1.165) is 44.9 Å². The van der Waals surface area contributed by atoms with Gasteiger partial charge in [-0.15, -0.1) is 0 Å². The molecule has 0 aromatic rings. The molecule has 4 saturated carbocycles. The van der Waals surface area contributed by atoms with Crippen LogP contribution < -0.4 is 0 Å². The van der Waals surface area contributed by atoms with Gasteiger partial charge in [0.15, 0.2) is 24.7 Å². The molecule has 0 aromatic heterocycles. The third-order valence-corrected chi connectivity index (χ3v) is 18.4. The van der Waals surface area contributed by atoms with Crippen LogP contribution in [0.5, 0.6) is 0 Å². The molecule has 4 aliphatic carbocycles. The second kappa shape index (κ2) is 18.2. The molecule has 1 spiro atoms. The Hall–Kier alpha value is -0.760. The fraction of sp³-hybridized carbons (Fsp3) is 1.00. The number of hydrogen-bond acceptors (Lipinski definition) is 19. The average molecular weight is 919 g/mol. The summed E-state index contributed by atoms with van der Waals surface area (Å²) in [6, 6.07) is 0. The lowest BCUT2D eigenvalue weighted by atomic mass is 9.43. The molecule has 6 unspecified atom stereocenters. The summed E-state index contributed by atoms with van der Waals surface area (Å²) in [6.07, 6.45) is -17.2. The van der Waals surface area contributed by atoms with E-state index < -0.39 is 124 Å². The first kappa shape index (κ1) is 48.3. The van der Waals surface area contributed by atoms with Crippen molar-refractivity contribution in [2.45, 2.75) is 202 Å². The summed E-state index contributed by atoms with van der Waals surface area (Å²) >= 11 is 0. The van der Waals surface area contributed by atoms with Crippen molar-refractivity contribution in [1.29, 1.82) is 0 Å². The molecule has 9 aliphatic rings. The van der Waals surface area contributed by atoms with Gasteiger partial charge in [-0.2, -0.15) is 0 Å². The van der Waals surface area contributed by atoms with E-state index in [1.807, 2.05) is 0 Å². The minimum atomic E-state index is -1.92. The number of rotatable bonds is 9. The highest BCUT2D eigenvalue weighted by Gasteiger charge is 2.71. The van der Waals surface area contributed by atoms with Crippen molar-refractivity contribution in [3.8, 4) is 0 Å². The van der Waals surface area contributed by atoms with Crippen molar-refractivity contribution < 1.29 is 94.1 Å². The van der Waals surface area contributed by atoms with Gasteiger partial charge in [-0.3, -0.25) is 0 Å². The zero-order chi connectivity index (χ0) is 45.8. The van der Waals surface area contributed by atoms with Gasteiger partial charge < -0.3 is 94.1 Å². The third kappa shape index (κ3) is 7.76. The summed E-state index contributed by atoms with van der Waals surface area (Å²) in [4.78, 5) is 0. The van der Waals surface area contributed by atoms with Crippen LogP contribution >= 0.6 is 0 Å². The Bertz CT molecular complexity index is 1600. The van der Waals surface area contributed by atoms with Gasteiger partial charge in [0, 0.05) is 23.7 Å². The zero-order valence-electron chi connectivity index (χ0n) is 37.3. The normalized spacial score (nSPS) is 58.6. The Labute approximate surface area is 373 Å². The predicted molar refractivity (Wildman–Crippen MR) is 217 cm³/mol. The van der Waals surface area contributed by atoms with E-state index in [1.54, 1.807) is 0 Å². The molecule has 19 nitrogen and oxygen atoms in total. The SMILES string of the molecule is CC1C2C(CC3C4CC[C@H]5C[C@@H](O[C@@H]6O[C@H](CO)[C@H](O[C@@H]7O[C@H](CO)[C@@H](O[C@@H]8O[C@H](CO)[C@@H](O)[C@H](O)[C@H]8O)[C@H](O)[C@H]7O)[C@H](O)[C@H]6O)CC[C@]5(C)C4C[C@@H](O)[C@@]32C)O[C@]12CC[C@@H](C)CO2. The van der Waals surface area contributed by atoms with Gasteiger partial charge >= 0.3 is 0 Å². The number of aliphatic hydroxyl groups is 11. The zero-order valence-corrected chi connectivity index (χ0v) is 37.3. The number of aliphatic hydroxyl groups excluding tert-OH is 11. The van der Waals surface area contributed by atoms with Crippen molar-refractivity contribution in [2.75, 3.05) is 26.4 Å². The van der Waals surface area contributed by atoms with Crippen molar-refractivity contribution >= 4 is 0 Å². The number of fused-ring (bicyclic) bond motifs is 7. The van der Waals surface area contributed by atoms with Crippen molar-refractivity contribution in [3.05, 3.63) is 0 Å². The number of ether oxygens (including phenoxy) is 8. The molecule has 64 heavy (non-hydrogen) atoms. The molecule has 0 amide bonds. The fourth-order valence-corrected chi connectivity index (χ4v) is 14.7. The van der Waals surface area contributed by atoms with E-state index in [-0.39, 0.29) is 34.9 Å². The van der Waals surface area contributed by atoms with Crippen LogP contribution in [0.3, 0.4) is 0 Å². The summed E-state index contributed by atoms with van der Waals surface area (Å²) in [6.45, 7) is 7.68. The quantitative estimate of drug-likeness (QED) is 0.114. The first-order valence-corrected chi connectivity index (χ1v) is 23.9. The molecule has 0 aromatic carbocycles. The van der Waals surface area contributed by atoms with Crippen LogP contribution in [0, 0.1) is 52.3 Å². The molecule has 0 bridgehead atoms. The van der Waals surface area contributed by atoms with Gasteiger partial charge in [0.1, 0.15) is 73.2 Å². The molecular formula is C45H74O19. The van der Waals surface area contributed by atoms with Gasteiger partial charge in [0.25, 0.3) is 0 Å². The second-order valence-electron chi connectivity index (χ2n) is 21.6. The van der Waals surface area contributed by atoms with Crippen LogP contribution in [0.15, 0.2) is 0 Å². The molecule has 11 N–H and O–H groups in total. The molecule has 9 fully saturated rings. The lowest BCUT2D eigenvalue weighted by Gasteiger charge is -2.62. The highest BCUT2D eigenvalue weighted by atomic mass is 16.8. The molecule has 0 radical (unpaired) electrons.